The first-order valence-corrected chi connectivity index (χ1v) is 20.0. The number of hydrogen-bond acceptors (Lipinski definition) is 11. The summed E-state index contributed by atoms with van der Waals surface area (Å²) in [6.45, 7) is 6.01. The summed E-state index contributed by atoms with van der Waals surface area (Å²) in [6.07, 6.45) is 3.37. The molecule has 296 valence electrons. The van der Waals surface area contributed by atoms with Gasteiger partial charge < -0.3 is 27.9 Å². The van der Waals surface area contributed by atoms with Crippen LogP contribution in [0, 0.1) is 6.92 Å². The number of methoxy groups -OCH3 is 2. The van der Waals surface area contributed by atoms with Gasteiger partial charge in [0.15, 0.2) is 0 Å². The first-order valence-electron chi connectivity index (χ1n) is 18.6. The Balaban J connectivity index is 1.16. The average Bonchev–Trinajstić information content (AvgIpc) is 3.63. The quantitative estimate of drug-likeness (QED) is 0.0633. The van der Waals surface area contributed by atoms with Crippen molar-refractivity contribution in [1.82, 2.24) is 19.3 Å². The lowest BCUT2D eigenvalue weighted by Crippen LogP contribution is -2.36. The Hall–Kier alpha value is -5.44. The molecule has 0 fully saturated rings. The number of unbranched alkanes of at least 4 members (excludes halogenated alkanes) is 1. The molecule has 6 rings (SSSR count). The molecule has 2 heterocycles. The maximum absolute atomic E-state index is 13.3. The zero-order chi connectivity index (χ0) is 39.5. The number of hydrogen-bond donors (Lipinski definition) is 0. The topological polar surface area (TPSA) is 141 Å². The third-order valence-electron chi connectivity index (χ3n) is 9.61. The molecule has 0 aliphatic carbocycles. The molecule has 0 bridgehead atoms. The molecular formula is C42H48N4O9S. The molecule has 1 atom stereocenters. The van der Waals surface area contributed by atoms with Gasteiger partial charge in [-0.1, -0.05) is 65.9 Å². The molecule has 14 heteroatoms. The summed E-state index contributed by atoms with van der Waals surface area (Å²) in [5.74, 6) is 0.460. The van der Waals surface area contributed by atoms with E-state index >= 15 is 0 Å². The van der Waals surface area contributed by atoms with Gasteiger partial charge >= 0.3 is 16.3 Å². The molecule has 0 saturated carbocycles. The van der Waals surface area contributed by atoms with Crippen LogP contribution >= 0.6 is 0 Å². The van der Waals surface area contributed by atoms with Crippen LogP contribution in [0.2, 0.25) is 0 Å². The van der Waals surface area contributed by atoms with E-state index in [2.05, 4.69) is 10.3 Å². The number of ether oxygens (including phenoxy) is 5. The molecular weight excluding hydrogens is 737 g/mol. The molecule has 0 amide bonds. The summed E-state index contributed by atoms with van der Waals surface area (Å²) in [7, 11) is -1.01. The molecule has 1 unspecified atom stereocenters. The second-order valence-electron chi connectivity index (χ2n) is 13.3. The van der Waals surface area contributed by atoms with Crippen molar-refractivity contribution in [1.29, 1.82) is 0 Å². The van der Waals surface area contributed by atoms with E-state index in [0.717, 1.165) is 57.4 Å². The molecule has 1 aliphatic rings. The van der Waals surface area contributed by atoms with E-state index in [0.29, 0.717) is 31.1 Å². The van der Waals surface area contributed by atoms with Crippen molar-refractivity contribution in [3.05, 3.63) is 130 Å². The van der Waals surface area contributed by atoms with Crippen LogP contribution in [0.5, 0.6) is 11.5 Å². The van der Waals surface area contributed by atoms with E-state index in [9.17, 15) is 13.2 Å². The molecule has 0 N–H and O–H groups in total. The van der Waals surface area contributed by atoms with Gasteiger partial charge in [0.25, 0.3) is 5.95 Å². The lowest BCUT2D eigenvalue weighted by atomic mass is 9.84. The highest BCUT2D eigenvalue weighted by atomic mass is 32.2. The summed E-state index contributed by atoms with van der Waals surface area (Å²) in [6, 6.07) is 26.8. The highest BCUT2D eigenvalue weighted by Gasteiger charge is 2.31. The lowest BCUT2D eigenvalue weighted by molar-refractivity contribution is -0.143. The van der Waals surface area contributed by atoms with Gasteiger partial charge in [-0.15, -0.1) is 5.10 Å². The monoisotopic (exact) mass is 784 g/mol. The Morgan fingerprint density at radius 1 is 0.929 bits per heavy atom. The SMILES string of the molecule is CCOC(=O)CC(c1ccc(OC)c(CN2CC=C(OCc3ccccc3)OS2(=O)=O)c1)c1ccc2c(nnn2CCCCOCc2ccc(OC)cc2)c1C. The number of rotatable bonds is 19. The molecule has 0 spiro atoms. The van der Waals surface area contributed by atoms with Crippen molar-refractivity contribution in [2.45, 2.75) is 65.3 Å². The number of aryl methyl sites for hydroxylation is 2. The predicted octanol–water partition coefficient (Wildman–Crippen LogP) is 6.97. The van der Waals surface area contributed by atoms with E-state index in [-0.39, 0.29) is 44.6 Å². The summed E-state index contributed by atoms with van der Waals surface area (Å²) in [4.78, 5) is 13.0. The van der Waals surface area contributed by atoms with E-state index in [1.807, 2.05) is 90.5 Å². The van der Waals surface area contributed by atoms with E-state index in [1.54, 1.807) is 26.2 Å². The first kappa shape index (κ1) is 40.2. The van der Waals surface area contributed by atoms with Crippen LogP contribution in [-0.2, 0) is 59.8 Å². The second-order valence-corrected chi connectivity index (χ2v) is 14.9. The maximum atomic E-state index is 13.3. The van der Waals surface area contributed by atoms with Crippen LogP contribution in [0.3, 0.4) is 0 Å². The van der Waals surface area contributed by atoms with Crippen molar-refractivity contribution in [3.63, 3.8) is 0 Å². The van der Waals surface area contributed by atoms with Crippen molar-refractivity contribution >= 4 is 27.3 Å². The molecule has 5 aromatic rings. The molecule has 13 nitrogen and oxygen atoms in total. The lowest BCUT2D eigenvalue weighted by Gasteiger charge is -2.26. The standard InChI is InChI=1S/C42H48N4O9S/c1-5-53-40(47)26-37(36-18-19-38-42(30(36)2)43-44-46(38)22-9-10-24-52-28-32-13-16-35(50-3)17-14-32)33-15-20-39(51-4)34(25-33)27-45-23-21-41(55-56(45,48)49)54-29-31-11-7-6-8-12-31/h6-8,11-21,25,37H,5,9-10,22-24,26-29H2,1-4H3. The second kappa shape index (κ2) is 18.9. The Morgan fingerprint density at radius 3 is 2.45 bits per heavy atom. The van der Waals surface area contributed by atoms with E-state index < -0.39 is 16.2 Å². The summed E-state index contributed by atoms with van der Waals surface area (Å²) in [5, 5.41) is 9.01. The zero-order valence-corrected chi connectivity index (χ0v) is 33.0. The molecule has 56 heavy (non-hydrogen) atoms. The van der Waals surface area contributed by atoms with Crippen LogP contribution in [-0.4, -0.2) is 67.7 Å². The minimum atomic E-state index is -4.18. The van der Waals surface area contributed by atoms with Gasteiger partial charge in [0.2, 0.25) is 0 Å². The normalized spacial score (nSPS) is 14.5. The molecule has 1 aromatic heterocycles. The first-order chi connectivity index (χ1) is 27.2. The molecule has 0 saturated heterocycles. The number of fused-ring (bicyclic) bond motifs is 1. The number of carbonyl (C=O) groups is 1. The smallest absolute Gasteiger partial charge is 0.388 e. The van der Waals surface area contributed by atoms with Crippen molar-refractivity contribution in [3.8, 4) is 11.5 Å². The Morgan fingerprint density at radius 2 is 1.71 bits per heavy atom. The number of esters is 1. The number of carbonyl (C=O) groups excluding carboxylic acids is 1. The third kappa shape index (κ3) is 10.0. The van der Waals surface area contributed by atoms with Gasteiger partial charge in [0, 0.05) is 43.8 Å². The highest BCUT2D eigenvalue weighted by Crippen LogP contribution is 2.36. The van der Waals surface area contributed by atoms with Gasteiger partial charge in [-0.25, -0.2) is 4.68 Å². The van der Waals surface area contributed by atoms with E-state index in [4.69, 9.17) is 27.9 Å². The van der Waals surface area contributed by atoms with Gasteiger partial charge in [0.05, 0.1) is 39.4 Å². The van der Waals surface area contributed by atoms with Gasteiger partial charge in [0.1, 0.15) is 23.6 Å². The number of benzene rings is 4. The minimum absolute atomic E-state index is 0.0349. The van der Waals surface area contributed by atoms with Crippen LogP contribution in [0.4, 0.5) is 0 Å². The molecule has 0 radical (unpaired) electrons. The third-order valence-corrected chi connectivity index (χ3v) is 10.9. The van der Waals surface area contributed by atoms with Crippen LogP contribution < -0.4 is 9.47 Å². The largest absolute Gasteiger partial charge is 0.497 e. The minimum Gasteiger partial charge on any atom is -0.497 e. The Kier molecular flexibility index (Phi) is 13.6. The number of aromatic nitrogens is 3. The maximum Gasteiger partial charge on any atom is 0.388 e. The fourth-order valence-corrected chi connectivity index (χ4v) is 7.62. The van der Waals surface area contributed by atoms with Crippen LogP contribution in [0.25, 0.3) is 11.0 Å². The van der Waals surface area contributed by atoms with Gasteiger partial charge in [-0.3, -0.25) is 4.79 Å². The van der Waals surface area contributed by atoms with Crippen LogP contribution in [0.15, 0.2) is 97.0 Å². The van der Waals surface area contributed by atoms with Crippen molar-refractivity contribution < 1.29 is 41.1 Å². The molecule has 4 aromatic carbocycles. The summed E-state index contributed by atoms with van der Waals surface area (Å²) < 4.78 is 62.8. The number of nitrogens with zero attached hydrogens (tertiary/aromatic N) is 4. The fraction of sp³-hybridized carbons (Fsp3) is 0.357. The van der Waals surface area contributed by atoms with E-state index in [1.165, 1.54) is 11.4 Å². The summed E-state index contributed by atoms with van der Waals surface area (Å²) in [5.41, 5.74) is 6.78. The van der Waals surface area contributed by atoms with Gasteiger partial charge in [-0.05, 0) is 78.8 Å². The Labute approximate surface area is 328 Å². The van der Waals surface area contributed by atoms with Crippen LogP contribution in [0.1, 0.15) is 65.5 Å². The predicted molar refractivity (Wildman–Crippen MR) is 210 cm³/mol. The zero-order valence-electron chi connectivity index (χ0n) is 32.2. The average molecular weight is 785 g/mol. The van der Waals surface area contributed by atoms with Gasteiger partial charge in [-0.2, -0.15) is 12.7 Å². The fourth-order valence-electron chi connectivity index (χ4n) is 6.64. The van der Waals surface area contributed by atoms with Crippen molar-refractivity contribution in [2.75, 3.05) is 34.0 Å². The summed E-state index contributed by atoms with van der Waals surface area (Å²) >= 11 is 0. The van der Waals surface area contributed by atoms with Crippen molar-refractivity contribution in [2.24, 2.45) is 0 Å². The molecule has 1 aliphatic heterocycles. The Bertz CT molecular complexity index is 2220. The highest BCUT2D eigenvalue weighted by molar-refractivity contribution is 7.84.